The van der Waals surface area contributed by atoms with Crippen LogP contribution in [0.4, 0.5) is 0 Å². The van der Waals surface area contributed by atoms with E-state index in [1.54, 1.807) is 12.1 Å². The lowest BCUT2D eigenvalue weighted by Gasteiger charge is -2.02. The van der Waals surface area contributed by atoms with E-state index in [9.17, 15) is 4.79 Å². The first-order valence-corrected chi connectivity index (χ1v) is 5.86. The van der Waals surface area contributed by atoms with Crippen LogP contribution in [-0.4, -0.2) is 18.0 Å². The molecule has 13 heavy (non-hydrogen) atoms. The van der Waals surface area contributed by atoms with Gasteiger partial charge >= 0.3 is 5.97 Å². The van der Waals surface area contributed by atoms with Crippen LogP contribution in [0.15, 0.2) is 28.7 Å². The summed E-state index contributed by atoms with van der Waals surface area (Å²) in [4.78, 5) is 11.0. The van der Waals surface area contributed by atoms with Crippen molar-refractivity contribution < 1.29 is 9.53 Å². The Morgan fingerprint density at radius 3 is 2.62 bits per heavy atom. The van der Waals surface area contributed by atoms with Crippen molar-refractivity contribution in [3.05, 3.63) is 28.7 Å². The zero-order valence-electron chi connectivity index (χ0n) is 7.12. The van der Waals surface area contributed by atoms with Gasteiger partial charge in [-0.15, -0.1) is 0 Å². The van der Waals surface area contributed by atoms with Crippen molar-refractivity contribution in [3.8, 4) is 5.75 Å². The number of rotatable bonds is 3. The summed E-state index contributed by atoms with van der Waals surface area (Å²) < 4.78 is 6.00. The third-order valence-electron chi connectivity index (χ3n) is 1.31. The van der Waals surface area contributed by atoms with Gasteiger partial charge in [0.25, 0.3) is 0 Å². The number of hydrogen-bond acceptors (Lipinski definition) is 3. The summed E-state index contributed by atoms with van der Waals surface area (Å²) in [6.07, 6.45) is 1.86. The average Bonchev–Trinajstić information content (AvgIpc) is 2.09. The van der Waals surface area contributed by atoms with Crippen molar-refractivity contribution >= 4 is 33.7 Å². The van der Waals surface area contributed by atoms with E-state index in [0.717, 1.165) is 4.47 Å². The van der Waals surface area contributed by atoms with Crippen LogP contribution in [-0.2, 0) is 4.79 Å². The molecule has 0 saturated heterocycles. The molecule has 2 nitrogen and oxygen atoms in total. The maximum atomic E-state index is 11.0. The SMILES string of the molecule is CSCC(=O)Oc1ccc(Br)cc1. The molecule has 0 aromatic heterocycles. The van der Waals surface area contributed by atoms with E-state index >= 15 is 0 Å². The van der Waals surface area contributed by atoms with Gasteiger partial charge in [-0.1, -0.05) is 15.9 Å². The van der Waals surface area contributed by atoms with Crippen LogP contribution < -0.4 is 4.74 Å². The lowest BCUT2D eigenvalue weighted by atomic mass is 10.3. The second-order valence-electron chi connectivity index (χ2n) is 2.36. The molecule has 0 bridgehead atoms. The molecule has 70 valence electrons. The smallest absolute Gasteiger partial charge is 0.321 e. The third-order valence-corrected chi connectivity index (χ3v) is 2.36. The van der Waals surface area contributed by atoms with Crippen LogP contribution in [0.5, 0.6) is 5.75 Å². The predicted molar refractivity (Wildman–Crippen MR) is 58.2 cm³/mol. The number of hydrogen-bond donors (Lipinski definition) is 0. The molecule has 0 heterocycles. The molecule has 0 aliphatic carbocycles. The molecule has 0 fully saturated rings. The molecular weight excluding hydrogens is 252 g/mol. The van der Waals surface area contributed by atoms with Gasteiger partial charge in [0.15, 0.2) is 0 Å². The van der Waals surface area contributed by atoms with E-state index in [2.05, 4.69) is 15.9 Å². The highest BCUT2D eigenvalue weighted by Gasteiger charge is 2.02. The van der Waals surface area contributed by atoms with E-state index in [0.29, 0.717) is 11.5 Å². The van der Waals surface area contributed by atoms with Gasteiger partial charge in [0.05, 0.1) is 5.75 Å². The molecule has 1 aromatic rings. The fraction of sp³-hybridized carbons (Fsp3) is 0.222. The lowest BCUT2D eigenvalue weighted by Crippen LogP contribution is -2.10. The number of carbonyl (C=O) groups excluding carboxylic acids is 1. The Morgan fingerprint density at radius 1 is 1.46 bits per heavy atom. The number of halogens is 1. The van der Waals surface area contributed by atoms with E-state index in [1.165, 1.54) is 11.8 Å². The summed E-state index contributed by atoms with van der Waals surface area (Å²) in [6, 6.07) is 7.17. The molecule has 0 amide bonds. The highest BCUT2D eigenvalue weighted by atomic mass is 79.9. The molecule has 1 aromatic carbocycles. The average molecular weight is 261 g/mol. The van der Waals surface area contributed by atoms with Crippen molar-refractivity contribution in [1.82, 2.24) is 0 Å². The first-order chi connectivity index (χ1) is 6.22. The fourth-order valence-electron chi connectivity index (χ4n) is 0.781. The predicted octanol–water partition coefficient (Wildman–Crippen LogP) is 2.72. The second kappa shape index (κ2) is 5.29. The topological polar surface area (TPSA) is 26.3 Å². The normalized spacial score (nSPS) is 9.69. The van der Waals surface area contributed by atoms with Gasteiger partial charge in [0.1, 0.15) is 5.75 Å². The zero-order valence-corrected chi connectivity index (χ0v) is 9.52. The monoisotopic (exact) mass is 260 g/mol. The fourth-order valence-corrected chi connectivity index (χ4v) is 1.34. The van der Waals surface area contributed by atoms with Crippen LogP contribution in [0.1, 0.15) is 0 Å². The molecule has 0 radical (unpaired) electrons. The van der Waals surface area contributed by atoms with Crippen molar-refractivity contribution in [2.75, 3.05) is 12.0 Å². The Labute approximate surface area is 89.8 Å². The van der Waals surface area contributed by atoms with Crippen LogP contribution >= 0.6 is 27.7 Å². The Bertz CT molecular complexity index is 284. The van der Waals surface area contributed by atoms with Crippen LogP contribution in [0.2, 0.25) is 0 Å². The molecule has 0 spiro atoms. The van der Waals surface area contributed by atoms with Crippen molar-refractivity contribution in [2.45, 2.75) is 0 Å². The molecule has 0 aliphatic heterocycles. The van der Waals surface area contributed by atoms with Crippen LogP contribution in [0.25, 0.3) is 0 Å². The van der Waals surface area contributed by atoms with Gasteiger partial charge in [-0.05, 0) is 30.5 Å². The molecule has 0 atom stereocenters. The van der Waals surface area contributed by atoms with Crippen molar-refractivity contribution in [2.24, 2.45) is 0 Å². The number of esters is 1. The second-order valence-corrected chi connectivity index (χ2v) is 4.14. The summed E-state index contributed by atoms with van der Waals surface area (Å²) in [5.74, 6) is 0.757. The third kappa shape index (κ3) is 3.83. The Balaban J connectivity index is 2.54. The summed E-state index contributed by atoms with van der Waals surface area (Å²) >= 11 is 4.75. The zero-order chi connectivity index (χ0) is 9.68. The van der Waals surface area contributed by atoms with Gasteiger partial charge in [0.2, 0.25) is 0 Å². The van der Waals surface area contributed by atoms with Gasteiger partial charge in [-0.2, -0.15) is 11.8 Å². The highest BCUT2D eigenvalue weighted by molar-refractivity contribution is 9.10. The molecular formula is C9H9BrO2S. The summed E-state index contributed by atoms with van der Waals surface area (Å²) in [5.41, 5.74) is 0. The Kier molecular flexibility index (Phi) is 4.32. The van der Waals surface area contributed by atoms with Crippen LogP contribution in [0, 0.1) is 0 Å². The standard InChI is InChI=1S/C9H9BrO2S/c1-13-6-9(11)12-8-4-2-7(10)3-5-8/h2-5H,6H2,1H3. The van der Waals surface area contributed by atoms with Crippen molar-refractivity contribution in [1.29, 1.82) is 0 Å². The van der Waals surface area contributed by atoms with E-state index in [4.69, 9.17) is 4.74 Å². The molecule has 0 N–H and O–H groups in total. The number of benzene rings is 1. The Hall–Kier alpha value is -0.480. The highest BCUT2D eigenvalue weighted by Crippen LogP contribution is 2.16. The molecule has 0 unspecified atom stereocenters. The minimum atomic E-state index is -0.213. The maximum absolute atomic E-state index is 11.0. The number of carbonyl (C=O) groups is 1. The largest absolute Gasteiger partial charge is 0.426 e. The van der Waals surface area contributed by atoms with Gasteiger partial charge < -0.3 is 4.74 Å². The first kappa shape index (κ1) is 10.6. The van der Waals surface area contributed by atoms with Gasteiger partial charge in [-0.25, -0.2) is 0 Å². The summed E-state index contributed by atoms with van der Waals surface area (Å²) in [7, 11) is 0. The summed E-state index contributed by atoms with van der Waals surface area (Å²) in [6.45, 7) is 0. The van der Waals surface area contributed by atoms with Crippen LogP contribution in [0.3, 0.4) is 0 Å². The molecule has 1 rings (SSSR count). The maximum Gasteiger partial charge on any atom is 0.321 e. The lowest BCUT2D eigenvalue weighted by molar-refractivity contribution is -0.131. The van der Waals surface area contributed by atoms with Gasteiger partial charge in [0, 0.05) is 4.47 Å². The molecule has 0 saturated carbocycles. The van der Waals surface area contributed by atoms with Crippen molar-refractivity contribution in [3.63, 3.8) is 0 Å². The minimum Gasteiger partial charge on any atom is -0.426 e. The van der Waals surface area contributed by atoms with E-state index in [-0.39, 0.29) is 5.97 Å². The number of thioether (sulfide) groups is 1. The Morgan fingerprint density at radius 2 is 2.08 bits per heavy atom. The number of ether oxygens (including phenoxy) is 1. The minimum absolute atomic E-state index is 0.213. The molecule has 4 heteroatoms. The summed E-state index contributed by atoms with van der Waals surface area (Å²) in [5, 5.41) is 0. The van der Waals surface area contributed by atoms with Gasteiger partial charge in [-0.3, -0.25) is 4.79 Å². The van der Waals surface area contributed by atoms with E-state index in [1.807, 2.05) is 18.4 Å². The van der Waals surface area contributed by atoms with E-state index < -0.39 is 0 Å². The quantitative estimate of drug-likeness (QED) is 0.618. The first-order valence-electron chi connectivity index (χ1n) is 3.67. The molecule has 0 aliphatic rings.